The summed E-state index contributed by atoms with van der Waals surface area (Å²) in [6.45, 7) is 1.48. The maximum atomic E-state index is 12.2. The van der Waals surface area contributed by atoms with Gasteiger partial charge in [0.05, 0.1) is 0 Å². The molecule has 1 unspecified atom stereocenters. The SMILES string of the molecule is C/C(C(=O)c1ccc(Cl)cc1)=[N+](/[O-])C1CCC/C1=N\O. The standard InChI is InChI=1S/C14H15ClN2O3/c1-9(14(18)10-5-7-11(15)8-6-10)17(20)13-4-2-3-12(13)16-19/h5-8,13,19H,2-4H2,1H3/b16-12+,17-9-. The van der Waals surface area contributed by atoms with Gasteiger partial charge in [-0.05, 0) is 37.1 Å². The third-order valence-corrected chi connectivity index (χ3v) is 3.72. The monoisotopic (exact) mass is 294 g/mol. The van der Waals surface area contributed by atoms with Crippen molar-refractivity contribution in [3.8, 4) is 0 Å². The number of benzene rings is 1. The number of carbonyl (C=O) groups is 1. The molecule has 1 saturated carbocycles. The third-order valence-electron chi connectivity index (χ3n) is 3.47. The Labute approximate surface area is 121 Å². The van der Waals surface area contributed by atoms with Gasteiger partial charge in [0, 0.05) is 23.9 Å². The van der Waals surface area contributed by atoms with E-state index in [1.54, 1.807) is 24.3 Å². The molecule has 20 heavy (non-hydrogen) atoms. The molecule has 1 N–H and O–H groups in total. The lowest BCUT2D eigenvalue weighted by atomic mass is 10.1. The second-order valence-corrected chi connectivity index (χ2v) is 5.18. The number of hydroxylamine groups is 1. The summed E-state index contributed by atoms with van der Waals surface area (Å²) < 4.78 is 0.652. The second kappa shape index (κ2) is 6.05. The van der Waals surface area contributed by atoms with Gasteiger partial charge in [0.25, 0.3) is 5.78 Å². The highest BCUT2D eigenvalue weighted by Crippen LogP contribution is 2.19. The average Bonchev–Trinajstić information content (AvgIpc) is 2.94. The Balaban J connectivity index is 2.28. The number of rotatable bonds is 3. The van der Waals surface area contributed by atoms with Crippen molar-refractivity contribution in [2.45, 2.75) is 32.2 Å². The summed E-state index contributed by atoms with van der Waals surface area (Å²) in [6.07, 6.45) is 1.96. The van der Waals surface area contributed by atoms with Gasteiger partial charge in [-0.25, -0.2) is 0 Å². The average molecular weight is 295 g/mol. The molecule has 0 heterocycles. The smallest absolute Gasteiger partial charge is 0.252 e. The number of oxime groups is 1. The lowest BCUT2D eigenvalue weighted by molar-refractivity contribution is -0.479. The van der Waals surface area contributed by atoms with Crippen LogP contribution in [-0.4, -0.2) is 33.2 Å². The normalized spacial score (nSPS) is 21.9. The zero-order valence-electron chi connectivity index (χ0n) is 11.0. The molecule has 0 aromatic heterocycles. The van der Waals surface area contributed by atoms with Gasteiger partial charge in [-0.15, -0.1) is 0 Å². The van der Waals surface area contributed by atoms with Crippen molar-refractivity contribution in [1.82, 2.24) is 0 Å². The van der Waals surface area contributed by atoms with Gasteiger partial charge in [0.1, 0.15) is 5.71 Å². The van der Waals surface area contributed by atoms with Gasteiger partial charge in [0.2, 0.25) is 11.8 Å². The first kappa shape index (κ1) is 14.5. The summed E-state index contributed by atoms with van der Waals surface area (Å²) in [4.78, 5) is 12.2. The third kappa shape index (κ3) is 2.82. The highest BCUT2D eigenvalue weighted by Gasteiger charge is 2.32. The van der Waals surface area contributed by atoms with E-state index in [0.29, 0.717) is 33.9 Å². The predicted octanol–water partition coefficient (Wildman–Crippen LogP) is 2.88. The van der Waals surface area contributed by atoms with Crippen LogP contribution in [0.4, 0.5) is 0 Å². The van der Waals surface area contributed by atoms with E-state index in [1.165, 1.54) is 6.92 Å². The molecule has 0 bridgehead atoms. The molecule has 1 atom stereocenters. The summed E-state index contributed by atoms with van der Waals surface area (Å²) >= 11 is 5.77. The lowest BCUT2D eigenvalue weighted by Crippen LogP contribution is -2.33. The van der Waals surface area contributed by atoms with Gasteiger partial charge < -0.3 is 10.4 Å². The number of halogens is 1. The predicted molar refractivity (Wildman–Crippen MR) is 77.0 cm³/mol. The Kier molecular flexibility index (Phi) is 4.39. The van der Waals surface area contributed by atoms with Crippen molar-refractivity contribution in [2.24, 2.45) is 5.16 Å². The van der Waals surface area contributed by atoms with Crippen LogP contribution >= 0.6 is 11.6 Å². The van der Waals surface area contributed by atoms with Crippen LogP contribution in [0.3, 0.4) is 0 Å². The van der Waals surface area contributed by atoms with E-state index in [1.807, 2.05) is 0 Å². The molecule has 1 fully saturated rings. The molecule has 1 aromatic rings. The van der Waals surface area contributed by atoms with Crippen molar-refractivity contribution >= 4 is 28.8 Å². The van der Waals surface area contributed by atoms with Crippen LogP contribution in [0.15, 0.2) is 29.4 Å². The molecule has 0 saturated heterocycles. The van der Waals surface area contributed by atoms with Gasteiger partial charge in [-0.2, -0.15) is 4.74 Å². The number of nitrogens with zero attached hydrogens (tertiary/aromatic N) is 2. The molecule has 5 nitrogen and oxygen atoms in total. The molecule has 0 radical (unpaired) electrons. The van der Waals surface area contributed by atoms with Crippen molar-refractivity contribution < 1.29 is 14.7 Å². The summed E-state index contributed by atoms with van der Waals surface area (Å²) in [7, 11) is 0. The largest absolute Gasteiger partial charge is 0.623 e. The van der Waals surface area contributed by atoms with Crippen molar-refractivity contribution in [3.05, 3.63) is 40.1 Å². The summed E-state index contributed by atoms with van der Waals surface area (Å²) in [5, 5.41) is 24.8. The molecule has 6 heteroatoms. The number of ketones is 1. The topological polar surface area (TPSA) is 75.7 Å². The minimum atomic E-state index is -0.545. The van der Waals surface area contributed by atoms with Gasteiger partial charge in [-0.3, -0.25) is 4.79 Å². The van der Waals surface area contributed by atoms with E-state index >= 15 is 0 Å². The first-order chi connectivity index (χ1) is 9.54. The zero-order valence-corrected chi connectivity index (χ0v) is 11.8. The number of hydrogen-bond acceptors (Lipinski definition) is 4. The Hall–Kier alpha value is -1.88. The molecule has 0 aliphatic heterocycles. The minimum Gasteiger partial charge on any atom is -0.623 e. The van der Waals surface area contributed by atoms with Crippen LogP contribution in [-0.2, 0) is 0 Å². The van der Waals surface area contributed by atoms with Crippen LogP contribution in [0.5, 0.6) is 0 Å². The molecule has 106 valence electrons. The van der Waals surface area contributed by atoms with E-state index in [9.17, 15) is 10.0 Å². The Morgan fingerprint density at radius 3 is 2.70 bits per heavy atom. The van der Waals surface area contributed by atoms with Gasteiger partial charge in [0.15, 0.2) is 0 Å². The molecular weight excluding hydrogens is 280 g/mol. The number of carbonyl (C=O) groups excluding carboxylic acids is 1. The Morgan fingerprint density at radius 2 is 2.10 bits per heavy atom. The van der Waals surface area contributed by atoms with Crippen LogP contribution in [0, 0.1) is 5.21 Å². The first-order valence-corrected chi connectivity index (χ1v) is 6.73. The maximum Gasteiger partial charge on any atom is 0.252 e. The van der Waals surface area contributed by atoms with Crippen molar-refractivity contribution in [3.63, 3.8) is 0 Å². The molecule has 1 aliphatic carbocycles. The van der Waals surface area contributed by atoms with Gasteiger partial charge in [-0.1, -0.05) is 16.8 Å². The fourth-order valence-corrected chi connectivity index (χ4v) is 2.45. The van der Waals surface area contributed by atoms with Crippen molar-refractivity contribution in [2.75, 3.05) is 0 Å². The Bertz CT molecular complexity index is 579. The fourth-order valence-electron chi connectivity index (χ4n) is 2.32. The number of Topliss-reactive ketones (excluding diaryl/α,β-unsaturated/α-hetero) is 1. The molecule has 0 spiro atoms. The van der Waals surface area contributed by atoms with E-state index in [-0.39, 0.29) is 11.5 Å². The molecule has 1 aliphatic rings. The Morgan fingerprint density at radius 1 is 1.45 bits per heavy atom. The maximum absolute atomic E-state index is 12.2. The molecular formula is C14H15ClN2O3. The molecule has 2 rings (SSSR count). The summed E-state index contributed by atoms with van der Waals surface area (Å²) in [5.74, 6) is -0.346. The van der Waals surface area contributed by atoms with Crippen LogP contribution in [0.1, 0.15) is 36.5 Å². The summed E-state index contributed by atoms with van der Waals surface area (Å²) in [5.41, 5.74) is 0.928. The minimum absolute atomic E-state index is 0.0837. The van der Waals surface area contributed by atoms with Gasteiger partial charge >= 0.3 is 0 Å². The van der Waals surface area contributed by atoms with E-state index < -0.39 is 6.04 Å². The molecule has 1 aromatic carbocycles. The first-order valence-electron chi connectivity index (χ1n) is 6.35. The van der Waals surface area contributed by atoms with E-state index in [2.05, 4.69) is 5.16 Å². The molecule has 0 amide bonds. The van der Waals surface area contributed by atoms with Crippen LogP contribution in [0.25, 0.3) is 0 Å². The second-order valence-electron chi connectivity index (χ2n) is 4.75. The van der Waals surface area contributed by atoms with Crippen LogP contribution in [0.2, 0.25) is 5.02 Å². The van der Waals surface area contributed by atoms with Crippen LogP contribution < -0.4 is 0 Å². The zero-order chi connectivity index (χ0) is 14.7. The summed E-state index contributed by atoms with van der Waals surface area (Å²) in [6, 6.07) is 5.83. The van der Waals surface area contributed by atoms with Crippen molar-refractivity contribution in [1.29, 1.82) is 0 Å². The lowest BCUT2D eigenvalue weighted by Gasteiger charge is -2.14. The fraction of sp³-hybridized carbons (Fsp3) is 0.357. The number of hydrogen-bond donors (Lipinski definition) is 1. The highest BCUT2D eigenvalue weighted by atomic mass is 35.5. The quantitative estimate of drug-likeness (QED) is 0.233. The highest BCUT2D eigenvalue weighted by molar-refractivity contribution is 6.43. The van der Waals surface area contributed by atoms with E-state index in [4.69, 9.17) is 16.8 Å². The van der Waals surface area contributed by atoms with E-state index in [0.717, 1.165) is 6.42 Å².